The molecule has 1 aliphatic rings. The Morgan fingerprint density at radius 3 is 3.00 bits per heavy atom. The van der Waals surface area contributed by atoms with E-state index in [0.29, 0.717) is 10.9 Å². The molecule has 0 aliphatic carbocycles. The minimum atomic E-state index is -0.324. The number of amides is 1. The monoisotopic (exact) mass is 284 g/mol. The van der Waals surface area contributed by atoms with Crippen molar-refractivity contribution in [2.24, 2.45) is 11.8 Å². The van der Waals surface area contributed by atoms with Crippen molar-refractivity contribution in [2.45, 2.75) is 19.4 Å². The second kappa shape index (κ2) is 6.95. The van der Waals surface area contributed by atoms with Crippen LogP contribution in [-0.4, -0.2) is 42.6 Å². The lowest BCUT2D eigenvalue weighted by Crippen LogP contribution is -2.34. The van der Waals surface area contributed by atoms with E-state index in [2.05, 4.69) is 15.3 Å². The molecule has 1 aromatic heterocycles. The second-order valence-corrected chi connectivity index (χ2v) is 5.65. The van der Waals surface area contributed by atoms with Crippen molar-refractivity contribution in [1.29, 1.82) is 0 Å². The van der Waals surface area contributed by atoms with E-state index < -0.39 is 0 Å². The van der Waals surface area contributed by atoms with Crippen LogP contribution in [0, 0.1) is 5.92 Å². The molecule has 0 aromatic carbocycles. The van der Waals surface area contributed by atoms with E-state index >= 15 is 0 Å². The Morgan fingerprint density at radius 1 is 1.63 bits per heavy atom. The summed E-state index contributed by atoms with van der Waals surface area (Å²) >= 11 is 1.33. The molecule has 2 heterocycles. The molecule has 1 saturated heterocycles. The quantitative estimate of drug-likeness (QED) is 0.470. The first-order valence-electron chi connectivity index (χ1n) is 6.39. The number of nitrogens with two attached hydrogens (primary N) is 1. The number of nitrogens with one attached hydrogen (secondary N) is 1. The van der Waals surface area contributed by atoms with Crippen LogP contribution in [0.25, 0.3) is 0 Å². The van der Waals surface area contributed by atoms with E-state index in [9.17, 15) is 4.79 Å². The zero-order valence-corrected chi connectivity index (χ0v) is 11.9. The fourth-order valence-electron chi connectivity index (χ4n) is 2.32. The largest absolute Gasteiger partial charge is 0.384 e. The lowest BCUT2D eigenvalue weighted by Gasteiger charge is -2.30. The van der Waals surface area contributed by atoms with Gasteiger partial charge in [0.25, 0.3) is 5.91 Å². The highest BCUT2D eigenvalue weighted by Crippen LogP contribution is 2.19. The van der Waals surface area contributed by atoms with Gasteiger partial charge in [-0.25, -0.2) is 10.8 Å². The molecule has 0 unspecified atom stereocenters. The van der Waals surface area contributed by atoms with Crippen molar-refractivity contribution in [3.05, 3.63) is 16.1 Å². The molecule has 2 rings (SSSR count). The van der Waals surface area contributed by atoms with Crippen LogP contribution >= 0.6 is 11.3 Å². The van der Waals surface area contributed by atoms with Gasteiger partial charge in [-0.1, -0.05) is 0 Å². The molecule has 6 nitrogen and oxygen atoms in total. The summed E-state index contributed by atoms with van der Waals surface area (Å²) in [5.74, 6) is 5.44. The fourth-order valence-corrected chi connectivity index (χ4v) is 3.03. The highest BCUT2D eigenvalue weighted by atomic mass is 32.1. The molecule has 3 N–H and O–H groups in total. The number of rotatable bonds is 5. The van der Waals surface area contributed by atoms with Gasteiger partial charge in [0.05, 0.1) is 5.69 Å². The van der Waals surface area contributed by atoms with Gasteiger partial charge >= 0.3 is 0 Å². The number of thiazole rings is 1. The maximum atomic E-state index is 11.3. The third-order valence-electron chi connectivity index (χ3n) is 3.37. The molecule has 0 spiro atoms. The second-order valence-electron chi connectivity index (χ2n) is 4.79. The van der Waals surface area contributed by atoms with Gasteiger partial charge in [-0.15, -0.1) is 11.3 Å². The van der Waals surface area contributed by atoms with E-state index in [4.69, 9.17) is 10.6 Å². The van der Waals surface area contributed by atoms with Crippen molar-refractivity contribution in [3.63, 3.8) is 0 Å². The number of carbonyl (C=O) groups excluding carboxylic acids is 1. The molecular weight excluding hydrogens is 264 g/mol. The maximum absolute atomic E-state index is 11.3. The summed E-state index contributed by atoms with van der Waals surface area (Å²) in [6.07, 6.45) is 2.32. The number of hydrogen-bond donors (Lipinski definition) is 2. The van der Waals surface area contributed by atoms with Crippen LogP contribution in [0.15, 0.2) is 5.38 Å². The first kappa shape index (κ1) is 14.4. The van der Waals surface area contributed by atoms with E-state index in [0.717, 1.165) is 44.8 Å². The van der Waals surface area contributed by atoms with Gasteiger partial charge in [-0.05, 0) is 31.8 Å². The van der Waals surface area contributed by atoms with Crippen LogP contribution < -0.4 is 11.3 Å². The number of aromatic nitrogens is 1. The number of nitrogen functional groups attached to an aromatic ring is 1. The normalized spacial score (nSPS) is 17.6. The van der Waals surface area contributed by atoms with Crippen LogP contribution in [-0.2, 0) is 11.3 Å². The molecule has 1 aliphatic heterocycles. The average Bonchev–Trinajstić information content (AvgIpc) is 2.89. The summed E-state index contributed by atoms with van der Waals surface area (Å²) in [7, 11) is 1.76. The Bertz CT molecular complexity index is 416. The van der Waals surface area contributed by atoms with E-state index in [-0.39, 0.29) is 5.91 Å². The SMILES string of the molecule is COCC1CCN(Cc2csc(C(=O)NN)n2)CC1. The number of likely N-dealkylation sites (tertiary alicyclic amines) is 1. The molecule has 106 valence electrons. The highest BCUT2D eigenvalue weighted by molar-refractivity contribution is 7.11. The van der Waals surface area contributed by atoms with Gasteiger partial charge in [-0.2, -0.15) is 0 Å². The standard InChI is InChI=1S/C12H20N4O2S/c1-18-7-9-2-4-16(5-3-9)6-10-8-19-12(14-10)11(17)15-13/h8-9H,2-7,13H2,1H3,(H,15,17). The first-order chi connectivity index (χ1) is 9.22. The van der Waals surface area contributed by atoms with Gasteiger partial charge in [0.15, 0.2) is 5.01 Å². The zero-order chi connectivity index (χ0) is 13.7. The van der Waals surface area contributed by atoms with Gasteiger partial charge < -0.3 is 4.74 Å². The third kappa shape index (κ3) is 3.97. The zero-order valence-electron chi connectivity index (χ0n) is 11.1. The van der Waals surface area contributed by atoms with E-state index in [1.807, 2.05) is 5.38 Å². The van der Waals surface area contributed by atoms with Crippen molar-refractivity contribution in [1.82, 2.24) is 15.3 Å². The van der Waals surface area contributed by atoms with Crippen LogP contribution in [0.1, 0.15) is 28.3 Å². The number of nitrogens with zero attached hydrogens (tertiary/aromatic N) is 2. The van der Waals surface area contributed by atoms with Crippen molar-refractivity contribution < 1.29 is 9.53 Å². The number of hydrazine groups is 1. The topological polar surface area (TPSA) is 80.5 Å². The maximum Gasteiger partial charge on any atom is 0.294 e. The third-order valence-corrected chi connectivity index (χ3v) is 4.26. The number of carbonyl (C=O) groups is 1. The van der Waals surface area contributed by atoms with Gasteiger partial charge in [0.1, 0.15) is 0 Å². The molecular formula is C12H20N4O2S. The Hall–Kier alpha value is -1.02. The first-order valence-corrected chi connectivity index (χ1v) is 7.27. The summed E-state index contributed by atoms with van der Waals surface area (Å²) < 4.78 is 5.19. The molecule has 1 aromatic rings. The minimum Gasteiger partial charge on any atom is -0.384 e. The summed E-state index contributed by atoms with van der Waals surface area (Å²) in [5, 5.41) is 2.35. The molecule has 0 saturated carbocycles. The summed E-state index contributed by atoms with van der Waals surface area (Å²) in [4.78, 5) is 18.0. The Labute approximate surface area is 116 Å². The number of methoxy groups -OCH3 is 1. The molecule has 1 fully saturated rings. The lowest BCUT2D eigenvalue weighted by atomic mass is 9.98. The van der Waals surface area contributed by atoms with Gasteiger partial charge in [0, 0.05) is 25.6 Å². The molecule has 0 bridgehead atoms. The average molecular weight is 284 g/mol. The van der Waals surface area contributed by atoms with E-state index in [1.165, 1.54) is 11.3 Å². The number of piperidine rings is 1. The number of ether oxygens (including phenoxy) is 1. The highest BCUT2D eigenvalue weighted by Gasteiger charge is 2.20. The Morgan fingerprint density at radius 2 is 2.37 bits per heavy atom. The number of hydrogen-bond acceptors (Lipinski definition) is 6. The minimum absolute atomic E-state index is 0.324. The van der Waals surface area contributed by atoms with Gasteiger partial charge in [0.2, 0.25) is 0 Å². The Kier molecular flexibility index (Phi) is 5.26. The van der Waals surface area contributed by atoms with Crippen LogP contribution in [0.4, 0.5) is 0 Å². The van der Waals surface area contributed by atoms with Crippen LogP contribution in [0.2, 0.25) is 0 Å². The summed E-state index contributed by atoms with van der Waals surface area (Å²) in [5.41, 5.74) is 3.04. The smallest absolute Gasteiger partial charge is 0.294 e. The van der Waals surface area contributed by atoms with Crippen molar-refractivity contribution >= 4 is 17.2 Å². The summed E-state index contributed by atoms with van der Waals surface area (Å²) in [6, 6.07) is 0. The van der Waals surface area contributed by atoms with Gasteiger partial charge in [-0.3, -0.25) is 15.1 Å². The lowest BCUT2D eigenvalue weighted by molar-refractivity contribution is 0.0946. The fraction of sp³-hybridized carbons (Fsp3) is 0.667. The predicted octanol–water partition coefficient (Wildman–Crippen LogP) is 0.605. The van der Waals surface area contributed by atoms with Crippen molar-refractivity contribution in [3.8, 4) is 0 Å². The molecule has 19 heavy (non-hydrogen) atoms. The van der Waals surface area contributed by atoms with E-state index in [1.54, 1.807) is 7.11 Å². The molecule has 0 radical (unpaired) electrons. The molecule has 7 heteroatoms. The van der Waals surface area contributed by atoms with Crippen LogP contribution in [0.3, 0.4) is 0 Å². The molecule has 0 atom stereocenters. The van der Waals surface area contributed by atoms with Crippen molar-refractivity contribution in [2.75, 3.05) is 26.8 Å². The van der Waals surface area contributed by atoms with Crippen LogP contribution in [0.5, 0.6) is 0 Å². The molecule has 1 amide bonds. The Balaban J connectivity index is 1.82. The summed E-state index contributed by atoms with van der Waals surface area (Å²) in [6.45, 7) is 3.77. The predicted molar refractivity (Wildman–Crippen MR) is 73.6 cm³/mol.